The Labute approximate surface area is 118 Å². The zero-order valence-electron chi connectivity index (χ0n) is 10.9. The molecule has 1 fully saturated rings. The van der Waals surface area contributed by atoms with Crippen molar-refractivity contribution in [3.05, 3.63) is 28.2 Å². The van der Waals surface area contributed by atoms with Gasteiger partial charge in [0.05, 0.1) is 6.61 Å². The van der Waals surface area contributed by atoms with Crippen LogP contribution in [0, 0.1) is 0 Å². The Balaban J connectivity index is 1.95. The van der Waals surface area contributed by atoms with E-state index in [1.165, 1.54) is 5.56 Å². The monoisotopic (exact) mass is 312 g/mol. The molecule has 0 atom stereocenters. The van der Waals surface area contributed by atoms with Crippen LogP contribution in [0.2, 0.25) is 0 Å². The first-order chi connectivity index (χ1) is 8.79. The van der Waals surface area contributed by atoms with Gasteiger partial charge >= 0.3 is 0 Å². The van der Waals surface area contributed by atoms with E-state index in [1.54, 1.807) is 0 Å². The number of halogens is 1. The van der Waals surface area contributed by atoms with Crippen molar-refractivity contribution < 1.29 is 4.74 Å². The lowest BCUT2D eigenvalue weighted by atomic mass is 10.1. The topological polar surface area (TPSA) is 24.5 Å². The van der Waals surface area contributed by atoms with E-state index in [0.717, 1.165) is 56.0 Å². The second-order valence-corrected chi connectivity index (χ2v) is 5.44. The minimum absolute atomic E-state index is 0.724. The van der Waals surface area contributed by atoms with Crippen LogP contribution in [-0.2, 0) is 6.42 Å². The van der Waals surface area contributed by atoms with Crippen molar-refractivity contribution in [3.8, 4) is 5.75 Å². The van der Waals surface area contributed by atoms with E-state index in [4.69, 9.17) is 4.74 Å². The van der Waals surface area contributed by atoms with Crippen molar-refractivity contribution in [2.24, 2.45) is 0 Å². The van der Waals surface area contributed by atoms with Crippen LogP contribution >= 0.6 is 15.9 Å². The van der Waals surface area contributed by atoms with Gasteiger partial charge in [-0.15, -0.1) is 0 Å². The highest BCUT2D eigenvalue weighted by Gasteiger charge is 2.11. The molecule has 18 heavy (non-hydrogen) atoms. The molecule has 0 bridgehead atoms. The molecule has 100 valence electrons. The first-order valence-electron chi connectivity index (χ1n) is 6.64. The number of piperazine rings is 1. The lowest BCUT2D eigenvalue weighted by Gasteiger charge is -2.27. The Kier molecular flexibility index (Phi) is 5.47. The molecule has 0 aromatic heterocycles. The summed E-state index contributed by atoms with van der Waals surface area (Å²) < 4.78 is 6.81. The van der Waals surface area contributed by atoms with Gasteiger partial charge in [-0.3, -0.25) is 0 Å². The molecular weight excluding hydrogens is 292 g/mol. The number of hydrogen-bond donors (Lipinski definition) is 1. The van der Waals surface area contributed by atoms with E-state index >= 15 is 0 Å². The molecule has 0 spiro atoms. The Morgan fingerprint density at radius 1 is 1.33 bits per heavy atom. The van der Waals surface area contributed by atoms with E-state index in [0.29, 0.717) is 0 Å². The molecule has 1 heterocycles. The minimum atomic E-state index is 0.724. The van der Waals surface area contributed by atoms with Crippen LogP contribution in [-0.4, -0.2) is 44.2 Å². The maximum Gasteiger partial charge on any atom is 0.122 e. The Bertz CT molecular complexity index is 378. The molecule has 4 heteroatoms. The SMILES string of the molecule is CCOc1ccc(Br)cc1CCN1CCNCC1. The van der Waals surface area contributed by atoms with Crippen LogP contribution in [0.25, 0.3) is 0 Å². The number of ether oxygens (including phenoxy) is 1. The third-order valence-electron chi connectivity index (χ3n) is 3.23. The second kappa shape index (κ2) is 7.12. The molecule has 2 rings (SSSR count). The highest BCUT2D eigenvalue weighted by molar-refractivity contribution is 9.10. The van der Waals surface area contributed by atoms with Crippen LogP contribution in [0.3, 0.4) is 0 Å². The van der Waals surface area contributed by atoms with E-state index in [9.17, 15) is 0 Å². The molecule has 1 aliphatic heterocycles. The maximum absolute atomic E-state index is 5.68. The van der Waals surface area contributed by atoms with Crippen molar-refractivity contribution in [2.75, 3.05) is 39.3 Å². The number of rotatable bonds is 5. The number of nitrogens with one attached hydrogen (secondary N) is 1. The van der Waals surface area contributed by atoms with Crippen LogP contribution in [0.4, 0.5) is 0 Å². The fourth-order valence-electron chi connectivity index (χ4n) is 2.25. The Morgan fingerprint density at radius 2 is 2.11 bits per heavy atom. The van der Waals surface area contributed by atoms with Gasteiger partial charge in [0.1, 0.15) is 5.75 Å². The van der Waals surface area contributed by atoms with Crippen molar-refractivity contribution in [1.82, 2.24) is 10.2 Å². The normalized spacial score (nSPS) is 16.8. The summed E-state index contributed by atoms with van der Waals surface area (Å²) in [7, 11) is 0. The highest BCUT2D eigenvalue weighted by Crippen LogP contribution is 2.24. The van der Waals surface area contributed by atoms with Gasteiger partial charge in [0.15, 0.2) is 0 Å². The standard InChI is InChI=1S/C14H21BrN2O/c1-2-18-14-4-3-13(15)11-12(14)5-8-17-9-6-16-7-10-17/h3-4,11,16H,2,5-10H2,1H3. The van der Waals surface area contributed by atoms with Gasteiger partial charge in [-0.05, 0) is 37.1 Å². The van der Waals surface area contributed by atoms with Crippen molar-refractivity contribution in [1.29, 1.82) is 0 Å². The molecule has 1 aliphatic rings. The van der Waals surface area contributed by atoms with Crippen molar-refractivity contribution >= 4 is 15.9 Å². The van der Waals surface area contributed by atoms with Crippen molar-refractivity contribution in [2.45, 2.75) is 13.3 Å². The quantitative estimate of drug-likeness (QED) is 0.903. The summed E-state index contributed by atoms with van der Waals surface area (Å²) in [6.07, 6.45) is 1.05. The average molecular weight is 313 g/mol. The molecule has 1 aromatic carbocycles. The Morgan fingerprint density at radius 3 is 2.83 bits per heavy atom. The van der Waals surface area contributed by atoms with Crippen molar-refractivity contribution in [3.63, 3.8) is 0 Å². The van der Waals surface area contributed by atoms with Gasteiger partial charge in [-0.2, -0.15) is 0 Å². The van der Waals surface area contributed by atoms with Gasteiger partial charge in [0.25, 0.3) is 0 Å². The second-order valence-electron chi connectivity index (χ2n) is 4.53. The van der Waals surface area contributed by atoms with Crippen LogP contribution < -0.4 is 10.1 Å². The van der Waals surface area contributed by atoms with Gasteiger partial charge in [0.2, 0.25) is 0 Å². The lowest BCUT2D eigenvalue weighted by molar-refractivity contribution is 0.242. The van der Waals surface area contributed by atoms with Gasteiger partial charge < -0.3 is 15.0 Å². The molecule has 0 aliphatic carbocycles. The summed E-state index contributed by atoms with van der Waals surface area (Å²) in [4.78, 5) is 2.51. The minimum Gasteiger partial charge on any atom is -0.494 e. The van der Waals surface area contributed by atoms with Gasteiger partial charge in [0, 0.05) is 37.2 Å². The summed E-state index contributed by atoms with van der Waals surface area (Å²) in [6.45, 7) is 8.38. The molecule has 0 amide bonds. The third kappa shape index (κ3) is 3.97. The lowest BCUT2D eigenvalue weighted by Crippen LogP contribution is -2.44. The predicted molar refractivity (Wildman–Crippen MR) is 78.3 cm³/mol. The summed E-state index contributed by atoms with van der Waals surface area (Å²) in [5.41, 5.74) is 1.30. The van der Waals surface area contributed by atoms with Crippen LogP contribution in [0.1, 0.15) is 12.5 Å². The Hall–Kier alpha value is -0.580. The van der Waals surface area contributed by atoms with Gasteiger partial charge in [-0.1, -0.05) is 15.9 Å². The molecule has 1 aromatic rings. The molecule has 3 nitrogen and oxygen atoms in total. The number of benzene rings is 1. The van der Waals surface area contributed by atoms with Gasteiger partial charge in [-0.25, -0.2) is 0 Å². The average Bonchev–Trinajstić information content (AvgIpc) is 2.40. The first kappa shape index (κ1) is 13.8. The number of nitrogens with zero attached hydrogens (tertiary/aromatic N) is 1. The smallest absolute Gasteiger partial charge is 0.122 e. The zero-order chi connectivity index (χ0) is 12.8. The molecule has 1 N–H and O–H groups in total. The van der Waals surface area contributed by atoms with E-state index in [-0.39, 0.29) is 0 Å². The third-order valence-corrected chi connectivity index (χ3v) is 3.72. The molecular formula is C14H21BrN2O. The van der Waals surface area contributed by atoms with E-state index in [1.807, 2.05) is 13.0 Å². The highest BCUT2D eigenvalue weighted by atomic mass is 79.9. The molecule has 0 unspecified atom stereocenters. The van der Waals surface area contributed by atoms with Crippen LogP contribution in [0.5, 0.6) is 5.75 Å². The molecule has 1 saturated heterocycles. The number of hydrogen-bond acceptors (Lipinski definition) is 3. The van der Waals surface area contributed by atoms with E-state index < -0.39 is 0 Å². The zero-order valence-corrected chi connectivity index (χ0v) is 12.5. The fraction of sp³-hybridized carbons (Fsp3) is 0.571. The largest absolute Gasteiger partial charge is 0.494 e. The van der Waals surface area contributed by atoms with Crippen LogP contribution in [0.15, 0.2) is 22.7 Å². The maximum atomic E-state index is 5.68. The first-order valence-corrected chi connectivity index (χ1v) is 7.43. The molecule has 0 radical (unpaired) electrons. The summed E-state index contributed by atoms with van der Waals surface area (Å²) in [5, 5.41) is 3.38. The van der Waals surface area contributed by atoms with E-state index in [2.05, 4.69) is 38.3 Å². The fourth-order valence-corrected chi connectivity index (χ4v) is 2.66. The molecule has 0 saturated carbocycles. The summed E-state index contributed by atoms with van der Waals surface area (Å²) in [5.74, 6) is 1.02. The summed E-state index contributed by atoms with van der Waals surface area (Å²) in [6, 6.07) is 6.27. The predicted octanol–water partition coefficient (Wildman–Crippen LogP) is 2.30. The summed E-state index contributed by atoms with van der Waals surface area (Å²) >= 11 is 3.53.